The highest BCUT2D eigenvalue weighted by atomic mass is 79.9. The second kappa shape index (κ2) is 7.88. The molecule has 0 aliphatic carbocycles. The van der Waals surface area contributed by atoms with Crippen LogP contribution in [0.5, 0.6) is 11.5 Å². The largest absolute Gasteiger partial charge is 0.454 e. The Bertz CT molecular complexity index is 1160. The van der Waals surface area contributed by atoms with E-state index < -0.39 is 4.92 Å². The van der Waals surface area contributed by atoms with Crippen molar-refractivity contribution >= 4 is 44.5 Å². The van der Waals surface area contributed by atoms with Gasteiger partial charge in [0.2, 0.25) is 12.7 Å². The number of hydrogen-bond acceptors (Lipinski definition) is 6. The van der Waals surface area contributed by atoms with Gasteiger partial charge in [0, 0.05) is 4.47 Å². The zero-order valence-electron chi connectivity index (χ0n) is 14.9. The number of fused-ring (bicyclic) bond motifs is 2. The van der Waals surface area contributed by atoms with Crippen molar-refractivity contribution < 1.29 is 19.2 Å². The van der Waals surface area contributed by atoms with Crippen LogP contribution in [0.3, 0.4) is 0 Å². The summed E-state index contributed by atoms with van der Waals surface area (Å²) < 4.78 is 11.3. The van der Waals surface area contributed by atoms with Crippen LogP contribution in [0.15, 0.2) is 58.1 Å². The third-order valence-electron chi connectivity index (χ3n) is 4.42. The van der Waals surface area contributed by atoms with Gasteiger partial charge in [-0.1, -0.05) is 46.3 Å². The summed E-state index contributed by atoms with van der Waals surface area (Å²) in [5.41, 5.74) is 3.28. The molecule has 0 spiro atoms. The first kappa shape index (κ1) is 18.9. The maximum Gasteiger partial charge on any atom is 0.282 e. The molecule has 29 heavy (non-hydrogen) atoms. The minimum Gasteiger partial charge on any atom is -0.454 e. The molecule has 1 N–H and O–H groups in total. The summed E-state index contributed by atoms with van der Waals surface area (Å²) in [6.45, 7) is 0.00493. The van der Waals surface area contributed by atoms with Crippen LogP contribution in [-0.4, -0.2) is 23.8 Å². The van der Waals surface area contributed by atoms with Gasteiger partial charge in [-0.15, -0.1) is 0 Å². The second-order valence-corrected chi connectivity index (χ2v) is 7.10. The SMILES string of the molecule is O=C(Cc1ccc(Br)c2ccccc12)NN=Cc1cc2c(cc1[N+](=O)[O-])OCO2. The van der Waals surface area contributed by atoms with Crippen LogP contribution in [0.25, 0.3) is 10.8 Å². The Morgan fingerprint density at radius 2 is 1.90 bits per heavy atom. The molecule has 0 unspecified atom stereocenters. The number of halogens is 1. The average molecular weight is 456 g/mol. The Kier molecular flexibility index (Phi) is 5.13. The summed E-state index contributed by atoms with van der Waals surface area (Å²) in [6.07, 6.45) is 1.34. The summed E-state index contributed by atoms with van der Waals surface area (Å²) in [5, 5.41) is 17.1. The van der Waals surface area contributed by atoms with Crippen molar-refractivity contribution in [2.24, 2.45) is 5.10 Å². The van der Waals surface area contributed by atoms with Crippen molar-refractivity contribution in [2.75, 3.05) is 6.79 Å². The van der Waals surface area contributed by atoms with E-state index >= 15 is 0 Å². The predicted molar refractivity (Wildman–Crippen MR) is 110 cm³/mol. The van der Waals surface area contributed by atoms with Crippen molar-refractivity contribution in [1.82, 2.24) is 5.43 Å². The molecule has 0 aromatic heterocycles. The molecule has 0 atom stereocenters. The molecule has 1 heterocycles. The van der Waals surface area contributed by atoms with E-state index in [1.54, 1.807) is 0 Å². The number of nitro benzene ring substituents is 1. The number of hydrazone groups is 1. The number of amides is 1. The third-order valence-corrected chi connectivity index (χ3v) is 5.12. The topological polar surface area (TPSA) is 103 Å². The lowest BCUT2D eigenvalue weighted by Crippen LogP contribution is -2.20. The van der Waals surface area contributed by atoms with Crippen LogP contribution in [-0.2, 0) is 11.2 Å². The number of carbonyl (C=O) groups excluding carboxylic acids is 1. The zero-order valence-corrected chi connectivity index (χ0v) is 16.5. The summed E-state index contributed by atoms with van der Waals surface area (Å²) in [7, 11) is 0. The van der Waals surface area contributed by atoms with Crippen molar-refractivity contribution in [3.05, 3.63) is 74.2 Å². The molecule has 0 radical (unpaired) electrons. The summed E-state index contributed by atoms with van der Waals surface area (Å²) >= 11 is 3.51. The second-order valence-electron chi connectivity index (χ2n) is 6.24. The highest BCUT2D eigenvalue weighted by Gasteiger charge is 2.22. The first-order valence-corrected chi connectivity index (χ1v) is 9.38. The van der Waals surface area contributed by atoms with Crippen molar-refractivity contribution in [3.8, 4) is 11.5 Å². The van der Waals surface area contributed by atoms with Gasteiger partial charge in [-0.3, -0.25) is 14.9 Å². The first-order valence-electron chi connectivity index (χ1n) is 8.59. The number of nitrogens with one attached hydrogen (secondary N) is 1. The summed E-state index contributed by atoms with van der Waals surface area (Å²) in [5.74, 6) is 0.363. The fourth-order valence-corrected chi connectivity index (χ4v) is 3.55. The molecule has 0 saturated heterocycles. The Balaban J connectivity index is 1.50. The first-order chi connectivity index (χ1) is 14.0. The molecule has 9 heteroatoms. The smallest absolute Gasteiger partial charge is 0.282 e. The Morgan fingerprint density at radius 1 is 1.17 bits per heavy atom. The van der Waals surface area contributed by atoms with Gasteiger partial charge >= 0.3 is 0 Å². The molecule has 3 aromatic carbocycles. The van der Waals surface area contributed by atoms with Crippen LogP contribution in [0.4, 0.5) is 5.69 Å². The molecular formula is C20H14BrN3O5. The van der Waals surface area contributed by atoms with Gasteiger partial charge in [0.25, 0.3) is 5.69 Å². The highest BCUT2D eigenvalue weighted by Crippen LogP contribution is 2.37. The maximum absolute atomic E-state index is 12.3. The van der Waals surface area contributed by atoms with Gasteiger partial charge in [0.15, 0.2) is 11.5 Å². The Morgan fingerprint density at radius 3 is 2.66 bits per heavy atom. The van der Waals surface area contributed by atoms with Gasteiger partial charge in [-0.25, -0.2) is 5.43 Å². The summed E-state index contributed by atoms with van der Waals surface area (Å²) in [4.78, 5) is 23.0. The van der Waals surface area contributed by atoms with Gasteiger partial charge in [0.1, 0.15) is 0 Å². The molecule has 1 aliphatic heterocycles. The van der Waals surface area contributed by atoms with E-state index in [0.717, 1.165) is 20.8 Å². The van der Waals surface area contributed by atoms with E-state index in [2.05, 4.69) is 26.5 Å². The average Bonchev–Trinajstić information content (AvgIpc) is 3.17. The lowest BCUT2D eigenvalue weighted by atomic mass is 10.0. The predicted octanol–water partition coefficient (Wildman–Crippen LogP) is 3.93. The Labute approximate surface area is 173 Å². The van der Waals surface area contributed by atoms with E-state index in [9.17, 15) is 14.9 Å². The van der Waals surface area contributed by atoms with Crippen LogP contribution < -0.4 is 14.9 Å². The van der Waals surface area contributed by atoms with Gasteiger partial charge < -0.3 is 9.47 Å². The molecule has 0 fully saturated rings. The van der Waals surface area contributed by atoms with Crippen molar-refractivity contribution in [3.63, 3.8) is 0 Å². The highest BCUT2D eigenvalue weighted by molar-refractivity contribution is 9.10. The maximum atomic E-state index is 12.3. The Hall–Kier alpha value is -3.46. The van der Waals surface area contributed by atoms with E-state index in [-0.39, 0.29) is 30.4 Å². The molecule has 1 aliphatic rings. The summed E-state index contributed by atoms with van der Waals surface area (Å²) in [6, 6.07) is 14.3. The minimum atomic E-state index is -0.543. The van der Waals surface area contributed by atoms with E-state index in [4.69, 9.17) is 9.47 Å². The number of benzene rings is 3. The van der Waals surface area contributed by atoms with Crippen LogP contribution in [0, 0.1) is 10.1 Å². The number of carbonyl (C=O) groups is 1. The molecule has 1 amide bonds. The van der Waals surface area contributed by atoms with Gasteiger partial charge in [0.05, 0.1) is 29.2 Å². The number of rotatable bonds is 5. The fourth-order valence-electron chi connectivity index (χ4n) is 3.07. The quantitative estimate of drug-likeness (QED) is 0.356. The molecule has 146 valence electrons. The minimum absolute atomic E-state index is 0.00493. The molecule has 3 aromatic rings. The normalized spacial score (nSPS) is 12.4. The van der Waals surface area contributed by atoms with Crippen LogP contribution in [0.1, 0.15) is 11.1 Å². The van der Waals surface area contributed by atoms with E-state index in [0.29, 0.717) is 11.5 Å². The van der Waals surface area contributed by atoms with Crippen molar-refractivity contribution in [1.29, 1.82) is 0 Å². The van der Waals surface area contributed by atoms with Gasteiger partial charge in [-0.2, -0.15) is 5.10 Å². The van der Waals surface area contributed by atoms with Crippen molar-refractivity contribution in [2.45, 2.75) is 6.42 Å². The number of nitrogens with zero attached hydrogens (tertiary/aromatic N) is 2. The standard InChI is InChI=1S/C20H14BrN3O5/c21-16-6-5-12(14-3-1-2-4-15(14)16)8-20(25)23-22-10-13-7-18-19(29-11-28-18)9-17(13)24(26)27/h1-7,9-10H,8,11H2,(H,23,25). The zero-order chi connectivity index (χ0) is 20.4. The van der Waals surface area contributed by atoms with E-state index in [1.165, 1.54) is 18.3 Å². The molecular weight excluding hydrogens is 442 g/mol. The number of nitro groups is 1. The van der Waals surface area contributed by atoms with E-state index in [1.807, 2.05) is 36.4 Å². The number of hydrogen-bond donors (Lipinski definition) is 1. The lowest BCUT2D eigenvalue weighted by molar-refractivity contribution is -0.385. The lowest BCUT2D eigenvalue weighted by Gasteiger charge is -2.07. The fraction of sp³-hybridized carbons (Fsp3) is 0.100. The van der Waals surface area contributed by atoms with Gasteiger partial charge in [-0.05, 0) is 28.5 Å². The number of ether oxygens (including phenoxy) is 2. The van der Waals surface area contributed by atoms with Crippen LogP contribution in [0.2, 0.25) is 0 Å². The molecule has 0 bridgehead atoms. The van der Waals surface area contributed by atoms with Crippen LogP contribution >= 0.6 is 15.9 Å². The molecule has 0 saturated carbocycles. The third kappa shape index (κ3) is 3.90. The monoisotopic (exact) mass is 455 g/mol. The molecule has 4 rings (SSSR count). The molecule has 8 nitrogen and oxygen atoms in total.